The van der Waals surface area contributed by atoms with Gasteiger partial charge in [-0.25, -0.2) is 0 Å². The predicted molar refractivity (Wildman–Crippen MR) is 96.3 cm³/mol. The number of para-hydroxylation sites is 1. The van der Waals surface area contributed by atoms with Crippen molar-refractivity contribution in [3.63, 3.8) is 0 Å². The maximum absolute atomic E-state index is 12.1. The molecule has 0 heterocycles. The van der Waals surface area contributed by atoms with E-state index in [1.807, 2.05) is 18.2 Å². The van der Waals surface area contributed by atoms with Crippen molar-refractivity contribution >= 4 is 33.5 Å². The van der Waals surface area contributed by atoms with E-state index >= 15 is 0 Å². The largest absolute Gasteiger partial charge is 0.544 e. The lowest BCUT2D eigenvalue weighted by Gasteiger charge is -2.20. The lowest BCUT2D eigenvalue weighted by atomic mass is 9.99. The molecule has 0 saturated heterocycles. The van der Waals surface area contributed by atoms with Crippen molar-refractivity contribution in [1.82, 2.24) is 0 Å². The number of nitrogens with two attached hydrogens (primary N) is 1. The van der Waals surface area contributed by atoms with Gasteiger partial charge in [0.15, 0.2) is 0 Å². The highest BCUT2D eigenvalue weighted by Crippen LogP contribution is 2.21. The number of carboxylic acids is 1. The van der Waals surface area contributed by atoms with Gasteiger partial charge in [0.2, 0.25) is 5.91 Å². The highest BCUT2D eigenvalue weighted by atomic mass is 79.9. The number of halogens is 1. The quantitative estimate of drug-likeness (QED) is 0.594. The Morgan fingerprint density at radius 3 is 2.58 bits per heavy atom. The van der Waals surface area contributed by atoms with E-state index in [1.165, 1.54) is 0 Å². The van der Waals surface area contributed by atoms with Crippen LogP contribution in [0, 0.1) is 5.92 Å². The number of benzene rings is 1. The van der Waals surface area contributed by atoms with Crippen LogP contribution in [0.4, 0.5) is 5.69 Å². The molecule has 1 rings (SSSR count). The highest BCUT2D eigenvalue weighted by Gasteiger charge is 2.20. The van der Waals surface area contributed by atoms with E-state index in [4.69, 9.17) is 0 Å². The Morgan fingerprint density at radius 1 is 1.29 bits per heavy atom. The summed E-state index contributed by atoms with van der Waals surface area (Å²) in [5.74, 6) is -1.05. The van der Waals surface area contributed by atoms with Crippen LogP contribution >= 0.6 is 15.9 Å². The molecule has 2 atom stereocenters. The van der Waals surface area contributed by atoms with Gasteiger partial charge >= 0.3 is 0 Å². The molecule has 0 fully saturated rings. The summed E-state index contributed by atoms with van der Waals surface area (Å²) in [5, 5.41) is 15.8. The fourth-order valence-electron chi connectivity index (χ4n) is 2.56. The summed E-state index contributed by atoms with van der Waals surface area (Å²) >= 11 is 3.35. The topological polar surface area (TPSA) is 85.8 Å². The average Bonchev–Trinajstić information content (AvgIpc) is 2.55. The molecule has 0 aliphatic rings. The molecule has 134 valence electrons. The maximum atomic E-state index is 12.1. The smallest absolute Gasteiger partial charge is 0.230 e. The molecule has 0 aromatic heterocycles. The lowest BCUT2D eigenvalue weighted by molar-refractivity contribution is -0.687. The van der Waals surface area contributed by atoms with Gasteiger partial charge in [0.05, 0.1) is 24.6 Å². The van der Waals surface area contributed by atoms with E-state index < -0.39 is 12.0 Å². The Kier molecular flexibility index (Phi) is 9.64. The van der Waals surface area contributed by atoms with Crippen LogP contribution in [0.2, 0.25) is 0 Å². The fourth-order valence-corrected chi connectivity index (χ4v) is 2.95. The normalized spacial score (nSPS) is 13.3. The summed E-state index contributed by atoms with van der Waals surface area (Å²) in [5.41, 5.74) is 0.633. The van der Waals surface area contributed by atoms with Crippen LogP contribution in [0.15, 0.2) is 28.7 Å². The first-order valence-electron chi connectivity index (χ1n) is 8.56. The van der Waals surface area contributed by atoms with Crippen molar-refractivity contribution in [1.29, 1.82) is 0 Å². The number of nitrogens with one attached hydrogen (secondary N) is 1. The molecule has 0 aliphatic heterocycles. The number of carbonyl (C=O) groups is 2. The number of aliphatic carboxylic acids is 1. The zero-order chi connectivity index (χ0) is 17.9. The van der Waals surface area contributed by atoms with Gasteiger partial charge in [0.1, 0.15) is 6.04 Å². The van der Waals surface area contributed by atoms with Gasteiger partial charge in [-0.3, -0.25) is 4.79 Å². The van der Waals surface area contributed by atoms with Gasteiger partial charge in [0, 0.05) is 10.4 Å². The van der Waals surface area contributed by atoms with Gasteiger partial charge in [-0.2, -0.15) is 0 Å². The molecule has 3 N–H and O–H groups in total. The van der Waals surface area contributed by atoms with Crippen molar-refractivity contribution in [2.45, 2.75) is 52.0 Å². The Balaban J connectivity index is 2.54. The molecule has 1 amide bonds. The number of quaternary nitrogens is 1. The third-order valence-corrected chi connectivity index (χ3v) is 4.84. The van der Waals surface area contributed by atoms with Crippen LogP contribution in [0.25, 0.3) is 0 Å². The first-order valence-corrected chi connectivity index (χ1v) is 9.35. The maximum Gasteiger partial charge on any atom is 0.230 e. The van der Waals surface area contributed by atoms with Gasteiger partial charge in [-0.15, -0.1) is 0 Å². The SMILES string of the molecule is CCCC[C@@H](CC)C[NH2+][C@H](CC(=O)Nc1ccccc1Br)C(=O)[O-]. The third kappa shape index (κ3) is 7.45. The van der Waals surface area contributed by atoms with Crippen LogP contribution in [0.5, 0.6) is 0 Å². The summed E-state index contributed by atoms with van der Waals surface area (Å²) in [7, 11) is 0. The molecule has 0 radical (unpaired) electrons. The Bertz CT molecular complexity index is 537. The number of carbonyl (C=O) groups excluding carboxylic acids is 2. The molecule has 0 spiro atoms. The predicted octanol–water partition coefficient (Wildman–Crippen LogP) is 1.68. The summed E-state index contributed by atoms with van der Waals surface area (Å²) in [6.07, 6.45) is 4.28. The van der Waals surface area contributed by atoms with Crippen LogP contribution < -0.4 is 15.7 Å². The third-order valence-electron chi connectivity index (χ3n) is 4.15. The minimum absolute atomic E-state index is 0.103. The summed E-state index contributed by atoms with van der Waals surface area (Å²) < 4.78 is 0.762. The second-order valence-corrected chi connectivity index (χ2v) is 6.90. The van der Waals surface area contributed by atoms with Gasteiger partial charge < -0.3 is 20.5 Å². The van der Waals surface area contributed by atoms with E-state index in [0.717, 1.165) is 30.2 Å². The summed E-state index contributed by atoms with van der Waals surface area (Å²) in [6, 6.07) is 6.37. The molecule has 0 bridgehead atoms. The molecule has 24 heavy (non-hydrogen) atoms. The number of hydrogen-bond acceptors (Lipinski definition) is 3. The molecular formula is C18H27BrN2O3. The Morgan fingerprint density at radius 2 is 2.00 bits per heavy atom. The van der Waals surface area contributed by atoms with Crippen LogP contribution in [0.3, 0.4) is 0 Å². The van der Waals surface area contributed by atoms with Crippen molar-refractivity contribution in [2.24, 2.45) is 5.92 Å². The molecule has 6 heteroatoms. The number of unbranched alkanes of at least 4 members (excludes halogenated alkanes) is 1. The molecule has 1 aromatic carbocycles. The van der Waals surface area contributed by atoms with E-state index in [0.29, 0.717) is 18.2 Å². The standard InChI is InChI=1S/C18H27BrN2O3/c1-3-5-8-13(4-2)12-20-16(18(23)24)11-17(22)21-15-10-7-6-9-14(15)19/h6-7,9-10,13,16,20H,3-5,8,11-12H2,1-2H3,(H,21,22)(H,23,24)/t13-,16-/m1/s1. The first kappa shape index (κ1) is 20.6. The van der Waals surface area contributed by atoms with Crippen molar-refractivity contribution in [3.05, 3.63) is 28.7 Å². The number of carboxylic acid groups (broad SMARTS) is 1. The van der Waals surface area contributed by atoms with Crippen molar-refractivity contribution < 1.29 is 20.0 Å². The highest BCUT2D eigenvalue weighted by molar-refractivity contribution is 9.10. The van der Waals surface area contributed by atoms with Gasteiger partial charge in [0.25, 0.3) is 0 Å². The fraction of sp³-hybridized carbons (Fsp3) is 0.556. The lowest BCUT2D eigenvalue weighted by Crippen LogP contribution is -2.94. The molecule has 0 saturated carbocycles. The number of rotatable bonds is 11. The second kappa shape index (κ2) is 11.2. The van der Waals surface area contributed by atoms with E-state index in [2.05, 4.69) is 35.1 Å². The minimum atomic E-state index is -1.19. The number of hydrogen-bond donors (Lipinski definition) is 2. The van der Waals surface area contributed by atoms with Crippen LogP contribution in [-0.2, 0) is 9.59 Å². The second-order valence-electron chi connectivity index (χ2n) is 6.05. The van der Waals surface area contributed by atoms with Crippen LogP contribution in [0.1, 0.15) is 46.0 Å². The molecule has 0 unspecified atom stereocenters. The first-order chi connectivity index (χ1) is 11.5. The molecule has 0 aliphatic carbocycles. The summed E-state index contributed by atoms with van der Waals surface area (Å²) in [6.45, 7) is 4.96. The zero-order valence-electron chi connectivity index (χ0n) is 14.4. The number of amides is 1. The van der Waals surface area contributed by atoms with Crippen LogP contribution in [-0.4, -0.2) is 24.5 Å². The summed E-state index contributed by atoms with van der Waals surface area (Å²) in [4.78, 5) is 23.5. The van der Waals surface area contributed by atoms with Crippen molar-refractivity contribution in [3.8, 4) is 0 Å². The van der Waals surface area contributed by atoms with E-state index in [-0.39, 0.29) is 12.3 Å². The number of anilines is 1. The Hall–Kier alpha value is -1.40. The molecular weight excluding hydrogens is 372 g/mol. The van der Waals surface area contributed by atoms with Gasteiger partial charge in [-0.1, -0.05) is 38.8 Å². The van der Waals surface area contributed by atoms with E-state index in [1.54, 1.807) is 11.4 Å². The minimum Gasteiger partial charge on any atom is -0.544 e. The Labute approximate surface area is 152 Å². The molecule has 1 aromatic rings. The monoisotopic (exact) mass is 398 g/mol. The van der Waals surface area contributed by atoms with Gasteiger partial charge in [-0.05, 0) is 40.9 Å². The average molecular weight is 399 g/mol. The molecule has 5 nitrogen and oxygen atoms in total. The van der Waals surface area contributed by atoms with E-state index in [9.17, 15) is 14.7 Å². The zero-order valence-corrected chi connectivity index (χ0v) is 16.0. The van der Waals surface area contributed by atoms with Crippen molar-refractivity contribution in [2.75, 3.05) is 11.9 Å².